The lowest BCUT2D eigenvalue weighted by Crippen LogP contribution is -2.45. The number of carbonyl (C=O) groups is 8. The molecule has 1 N–H and O–H groups in total. The number of likely N-dealkylation sites (tertiary alicyclic amines) is 4. The van der Waals surface area contributed by atoms with E-state index in [-0.39, 0.29) is 76.6 Å². The van der Waals surface area contributed by atoms with Crippen LogP contribution in [0.4, 0.5) is 5.69 Å². The molecule has 10 aromatic carbocycles. The van der Waals surface area contributed by atoms with Crippen molar-refractivity contribution in [2.24, 2.45) is 30.7 Å². The third-order valence-corrected chi connectivity index (χ3v) is 26.0. The first-order valence-electron chi connectivity index (χ1n) is 45.0. The number of hydrogen-bond acceptors (Lipinski definition) is 10. The minimum atomic E-state index is -0.419. The van der Waals surface area contributed by atoms with Gasteiger partial charge in [0.15, 0.2) is 0 Å². The summed E-state index contributed by atoms with van der Waals surface area (Å²) >= 11 is 6.07. The standard InChI is InChI=1S/C30H30N4O4.C29H28ClN3O2.C24H27N3O2.C24H26N2O2/c1-31(20-22-7-3-2-4-8-22)29(35)24-15-17-32(18-16-24)30(36)28-19-25-9-5-6-10-27(25)33(28)21-23-11-13-26(14-12-23)34(37)38;30-25-14-12-22(13-15-25)19-33-26-11-5-4-9-23(26)17-27(33)29(35)32-16-6-10-24(20-32)28(34)31-18-21-7-2-1-3-8-21;1-25(17-18-8-4-3-5-9-18)23(28)19-12-14-27(15-13-19)24(29)22-16-20-10-6-7-11-21(20)26(22)2;1-25(17-18-7-3-2-4-8-18)23(27)19-11-13-26(14-12-19)24(28)22-15-20-9-5-6-10-21(20)16-22/h2-14,19,24H,15-18,20-21H2,1H3;1-5,7-9,11-15,17,24H,6,10,16,18-20H2,(H,31,34);3-11,16,19H,12-15,17H2,1-2H3;2-10,15,19H,11-14,16-17H2,1H3. The maximum Gasteiger partial charge on any atom is 0.270 e. The summed E-state index contributed by atoms with van der Waals surface area (Å²) in [5.74, 6) is 0.252. The third-order valence-electron chi connectivity index (χ3n) is 25.7. The largest absolute Gasteiger partial charge is 0.352 e. The third kappa shape index (κ3) is 22.4. The van der Waals surface area contributed by atoms with Gasteiger partial charge >= 0.3 is 0 Å². The first-order chi connectivity index (χ1) is 63.1. The van der Waals surface area contributed by atoms with Gasteiger partial charge in [0.05, 0.1) is 10.8 Å². The fourth-order valence-electron chi connectivity index (χ4n) is 18.4. The van der Waals surface area contributed by atoms with Gasteiger partial charge in [-0.2, -0.15) is 0 Å². The van der Waals surface area contributed by atoms with Crippen LogP contribution in [0.15, 0.2) is 291 Å². The Hall–Kier alpha value is -14.0. The quantitative estimate of drug-likeness (QED) is 0.0528. The van der Waals surface area contributed by atoms with Crippen molar-refractivity contribution in [2.75, 3.05) is 73.5 Å². The molecule has 7 heterocycles. The molecule has 666 valence electrons. The molecule has 8 amide bonds. The van der Waals surface area contributed by atoms with Gasteiger partial charge in [-0.3, -0.25) is 48.5 Å². The molecule has 130 heavy (non-hydrogen) atoms. The van der Waals surface area contributed by atoms with Crippen LogP contribution in [-0.4, -0.2) is 174 Å². The molecular weight excluding hydrogens is 1650 g/mol. The Labute approximate surface area is 764 Å². The molecule has 3 aromatic heterocycles. The number of nitro groups is 1. The van der Waals surface area contributed by atoms with Gasteiger partial charge < -0.3 is 53.3 Å². The number of aryl methyl sites for hydroxylation is 1. The molecule has 18 rings (SSSR count). The van der Waals surface area contributed by atoms with E-state index in [0.29, 0.717) is 146 Å². The van der Waals surface area contributed by atoms with Gasteiger partial charge in [-0.1, -0.05) is 236 Å². The van der Waals surface area contributed by atoms with Gasteiger partial charge in [-0.25, -0.2) is 0 Å². The molecule has 23 heteroatoms. The molecule has 0 saturated carbocycles. The van der Waals surface area contributed by atoms with Crippen LogP contribution in [0.1, 0.15) is 127 Å². The maximum atomic E-state index is 13.7. The Bertz CT molecular complexity index is 6190. The summed E-state index contributed by atoms with van der Waals surface area (Å²) in [5, 5.41) is 17.8. The zero-order valence-electron chi connectivity index (χ0n) is 74.2. The molecular formula is C107H111ClN12O10. The number of nitrogens with one attached hydrogen (secondary N) is 1. The first-order valence-corrected chi connectivity index (χ1v) is 45.4. The summed E-state index contributed by atoms with van der Waals surface area (Å²) in [5.41, 5.74) is 14.6. The highest BCUT2D eigenvalue weighted by Gasteiger charge is 2.36. The number of benzene rings is 10. The zero-order chi connectivity index (χ0) is 90.7. The van der Waals surface area contributed by atoms with Gasteiger partial charge in [-0.05, 0) is 150 Å². The Morgan fingerprint density at radius 3 is 1.20 bits per heavy atom. The van der Waals surface area contributed by atoms with E-state index in [1.807, 2.05) is 317 Å². The minimum absolute atomic E-state index is 0.00696. The lowest BCUT2D eigenvalue weighted by atomic mass is 9.94. The van der Waals surface area contributed by atoms with Crippen molar-refractivity contribution < 1.29 is 43.3 Å². The predicted octanol–water partition coefficient (Wildman–Crippen LogP) is 17.8. The molecule has 22 nitrogen and oxygen atoms in total. The lowest BCUT2D eigenvalue weighted by molar-refractivity contribution is -0.384. The van der Waals surface area contributed by atoms with Crippen LogP contribution < -0.4 is 5.32 Å². The number of nitrogens with zero attached hydrogens (tertiary/aromatic N) is 11. The summed E-state index contributed by atoms with van der Waals surface area (Å²) in [6.07, 6.45) is 8.51. The highest BCUT2D eigenvalue weighted by atomic mass is 35.5. The van der Waals surface area contributed by atoms with Crippen LogP contribution >= 0.6 is 11.6 Å². The van der Waals surface area contributed by atoms with Crippen molar-refractivity contribution in [1.82, 2.24) is 53.3 Å². The van der Waals surface area contributed by atoms with E-state index in [1.54, 1.807) is 21.9 Å². The van der Waals surface area contributed by atoms with Crippen LogP contribution in [0.2, 0.25) is 5.02 Å². The molecule has 4 aliphatic heterocycles. The van der Waals surface area contributed by atoms with E-state index in [1.165, 1.54) is 17.7 Å². The van der Waals surface area contributed by atoms with E-state index >= 15 is 0 Å². The average Bonchev–Trinajstić information content (AvgIpc) is 1.70. The molecule has 4 fully saturated rings. The molecule has 1 unspecified atom stereocenters. The number of carbonyl (C=O) groups excluding carboxylic acids is 8. The number of halogens is 1. The average molecular weight is 1760 g/mol. The smallest absolute Gasteiger partial charge is 0.270 e. The van der Waals surface area contributed by atoms with E-state index in [0.717, 1.165) is 103 Å². The molecule has 5 aliphatic rings. The number of para-hydroxylation sites is 3. The molecule has 1 atom stereocenters. The van der Waals surface area contributed by atoms with Crippen LogP contribution in [-0.2, 0) is 76.7 Å². The summed E-state index contributed by atoms with van der Waals surface area (Å²) < 4.78 is 6.01. The van der Waals surface area contributed by atoms with E-state index in [4.69, 9.17) is 11.6 Å². The monoisotopic (exact) mass is 1760 g/mol. The van der Waals surface area contributed by atoms with Crippen LogP contribution in [0.3, 0.4) is 0 Å². The second-order valence-corrected chi connectivity index (χ2v) is 35.1. The Morgan fingerprint density at radius 2 is 0.762 bits per heavy atom. The van der Waals surface area contributed by atoms with Crippen molar-refractivity contribution >= 4 is 103 Å². The summed E-state index contributed by atoms with van der Waals surface area (Å²) in [4.78, 5) is 128. The van der Waals surface area contributed by atoms with Crippen LogP contribution in [0.5, 0.6) is 0 Å². The highest BCUT2D eigenvalue weighted by Crippen LogP contribution is 2.33. The molecule has 0 radical (unpaired) electrons. The van der Waals surface area contributed by atoms with Gasteiger partial charge in [0.1, 0.15) is 17.1 Å². The number of aromatic nitrogens is 3. The second kappa shape index (κ2) is 42.7. The van der Waals surface area contributed by atoms with E-state index in [2.05, 4.69) is 22.0 Å². The van der Waals surface area contributed by atoms with Crippen molar-refractivity contribution in [3.05, 3.63) is 367 Å². The molecule has 0 bridgehead atoms. The lowest BCUT2D eigenvalue weighted by Gasteiger charge is -2.33. The van der Waals surface area contributed by atoms with Gasteiger partial charge in [0.25, 0.3) is 23.4 Å². The summed E-state index contributed by atoms with van der Waals surface area (Å²) in [6.45, 7) is 7.99. The Balaban J connectivity index is 0.000000134. The first kappa shape index (κ1) is 90.8. The number of nitro benzene ring substituents is 1. The molecule has 4 saturated heterocycles. The number of amides is 8. The fraction of sp³-hybridized carbons (Fsp3) is 0.290. The number of rotatable bonds is 21. The maximum absolute atomic E-state index is 13.7. The van der Waals surface area contributed by atoms with Crippen molar-refractivity contribution in [3.63, 3.8) is 0 Å². The van der Waals surface area contributed by atoms with Crippen molar-refractivity contribution in [3.8, 4) is 0 Å². The predicted molar refractivity (Wildman–Crippen MR) is 510 cm³/mol. The summed E-state index contributed by atoms with van der Waals surface area (Å²) in [7, 11) is 7.50. The Morgan fingerprint density at radius 1 is 0.392 bits per heavy atom. The minimum Gasteiger partial charge on any atom is -0.352 e. The molecule has 0 spiro atoms. The Kier molecular flexibility index (Phi) is 29.9. The van der Waals surface area contributed by atoms with Gasteiger partial charge in [0, 0.05) is 199 Å². The number of non-ortho nitro benzene ring substituents is 1. The second-order valence-electron chi connectivity index (χ2n) is 34.6. The van der Waals surface area contributed by atoms with Crippen molar-refractivity contribution in [2.45, 2.75) is 97.1 Å². The molecule has 1 aliphatic carbocycles. The molecule has 13 aromatic rings. The topological polar surface area (TPSA) is 229 Å². The summed E-state index contributed by atoms with van der Waals surface area (Å²) in [6, 6.07) is 91.9. The fourth-order valence-corrected chi connectivity index (χ4v) is 18.6. The highest BCUT2D eigenvalue weighted by molar-refractivity contribution is 6.30. The number of hydrogen-bond donors (Lipinski definition) is 1. The number of piperidine rings is 4. The van der Waals surface area contributed by atoms with Crippen LogP contribution in [0, 0.1) is 33.8 Å². The van der Waals surface area contributed by atoms with Crippen LogP contribution in [0.25, 0.3) is 38.8 Å². The zero-order valence-corrected chi connectivity index (χ0v) is 74.9. The normalized spacial score (nSPS) is 15.2. The van der Waals surface area contributed by atoms with Gasteiger partial charge in [-0.15, -0.1) is 0 Å². The number of fused-ring (bicyclic) bond motifs is 4. The van der Waals surface area contributed by atoms with E-state index < -0.39 is 4.92 Å². The SMILES string of the molecule is CN(Cc1ccccc1)C(=O)C1CCN(C(=O)C2=Cc3ccccc3C2)CC1.CN(Cc1ccccc1)C(=O)C1CCN(C(=O)c2cc3ccccc3n2C)CC1.CN(Cc1ccccc1)C(=O)C1CCN(C(=O)c2cc3ccccc3n2Cc2ccc([N+](=O)[O-])cc2)CC1.O=C(NCc1ccccc1)C1CCCN(C(=O)c2cc3ccccc3n2Cc2ccc(Cl)cc2)C1. The van der Waals surface area contributed by atoms with Crippen molar-refractivity contribution in [1.29, 1.82) is 0 Å². The van der Waals surface area contributed by atoms with Gasteiger partial charge in [0.2, 0.25) is 29.5 Å². The van der Waals surface area contributed by atoms with E-state index in [9.17, 15) is 48.5 Å².